The van der Waals surface area contributed by atoms with Gasteiger partial charge in [-0.1, -0.05) is 72.3 Å². The third-order valence-corrected chi connectivity index (χ3v) is 9.71. The van der Waals surface area contributed by atoms with E-state index in [1.807, 2.05) is 70.2 Å². The van der Waals surface area contributed by atoms with E-state index in [0.29, 0.717) is 10.9 Å². The maximum absolute atomic E-state index is 14.6. The van der Waals surface area contributed by atoms with Crippen LogP contribution in [0.2, 0.25) is 0 Å². The van der Waals surface area contributed by atoms with Crippen LogP contribution in [0.5, 0.6) is 0 Å². The third kappa shape index (κ3) is 5.55. The number of carbonyl (C=O) groups excluding carboxylic acids is 4. The summed E-state index contributed by atoms with van der Waals surface area (Å²) in [6, 6.07) is 6.57. The van der Waals surface area contributed by atoms with E-state index in [0.717, 1.165) is 5.56 Å². The first-order valence-electron chi connectivity index (χ1n) is 15.0. The van der Waals surface area contributed by atoms with Gasteiger partial charge < -0.3 is 29.7 Å². The van der Waals surface area contributed by atoms with Crippen LogP contribution in [0.15, 0.2) is 53.0 Å². The Bertz CT molecular complexity index is 1320. The molecule has 0 aliphatic carbocycles. The molecule has 232 valence electrons. The molecule has 0 saturated carbocycles. The number of nitrogens with one attached hydrogen (secondary N) is 1. The number of halogens is 1. The molecule has 2 fully saturated rings. The van der Waals surface area contributed by atoms with Crippen molar-refractivity contribution in [1.82, 2.24) is 15.1 Å². The highest BCUT2D eigenvalue weighted by molar-refractivity contribution is 9.11. The molecule has 0 unspecified atom stereocenters. The van der Waals surface area contributed by atoms with Gasteiger partial charge in [0, 0.05) is 23.5 Å². The van der Waals surface area contributed by atoms with Crippen LogP contribution in [0, 0.1) is 17.8 Å². The Morgan fingerprint density at radius 2 is 1.79 bits per heavy atom. The highest BCUT2D eigenvalue weighted by atomic mass is 79.9. The minimum atomic E-state index is -1.40. The van der Waals surface area contributed by atoms with Crippen molar-refractivity contribution in [3.05, 3.63) is 58.6 Å². The SMILES string of the molecule is CC(C)[C@H](CO)N1C(=O)[C@@H]2[C@H]3C(=O)N[C@@H](c4ccccc4)COC(=O)CC/C=C\CN(C(C)C)C(=O)[C@@H]1[C@]21C=C(Br)[C@H]3O1. The minimum Gasteiger partial charge on any atom is -0.463 e. The summed E-state index contributed by atoms with van der Waals surface area (Å²) in [5.41, 5.74) is -0.656. The van der Waals surface area contributed by atoms with Gasteiger partial charge in [-0.2, -0.15) is 0 Å². The van der Waals surface area contributed by atoms with Gasteiger partial charge in [-0.05, 0) is 37.8 Å². The molecule has 2 saturated heterocycles. The number of fused-ring (bicyclic) bond motifs is 2. The van der Waals surface area contributed by atoms with Crippen molar-refractivity contribution >= 4 is 39.6 Å². The monoisotopic (exact) mass is 657 g/mol. The van der Waals surface area contributed by atoms with Crippen molar-refractivity contribution in [3.63, 3.8) is 0 Å². The second kappa shape index (κ2) is 12.5. The number of cyclic esters (lactones) is 1. The molecule has 5 rings (SSSR count). The number of hydrogen-bond acceptors (Lipinski definition) is 7. The Labute approximate surface area is 260 Å². The van der Waals surface area contributed by atoms with Crippen LogP contribution in [0.3, 0.4) is 0 Å². The van der Waals surface area contributed by atoms with Crippen LogP contribution in [0.25, 0.3) is 0 Å². The number of aliphatic hydroxyl groups excluding tert-OH is 1. The summed E-state index contributed by atoms with van der Waals surface area (Å²) < 4.78 is 12.8. The quantitative estimate of drug-likeness (QED) is 0.368. The number of rotatable bonds is 5. The molecule has 4 heterocycles. The average Bonchev–Trinajstić information content (AvgIpc) is 3.56. The Kier molecular flexibility index (Phi) is 9.15. The first-order chi connectivity index (χ1) is 20.5. The van der Waals surface area contributed by atoms with E-state index in [9.17, 15) is 24.3 Å². The Hall–Kier alpha value is -3.02. The molecule has 11 heteroatoms. The molecule has 4 aliphatic heterocycles. The van der Waals surface area contributed by atoms with E-state index in [2.05, 4.69) is 21.2 Å². The molecule has 4 aliphatic rings. The molecule has 43 heavy (non-hydrogen) atoms. The van der Waals surface area contributed by atoms with Crippen molar-refractivity contribution in [2.45, 2.75) is 76.4 Å². The lowest BCUT2D eigenvalue weighted by Gasteiger charge is -2.40. The summed E-state index contributed by atoms with van der Waals surface area (Å²) in [5.74, 6) is -3.67. The highest BCUT2D eigenvalue weighted by Gasteiger charge is 2.75. The van der Waals surface area contributed by atoms with E-state index >= 15 is 0 Å². The number of esters is 1. The van der Waals surface area contributed by atoms with Gasteiger partial charge in [0.1, 0.15) is 24.4 Å². The van der Waals surface area contributed by atoms with Crippen LogP contribution >= 0.6 is 15.9 Å². The number of carbonyl (C=O) groups is 4. The number of allylic oxidation sites excluding steroid dienone is 1. The van der Waals surface area contributed by atoms with E-state index in [1.54, 1.807) is 11.0 Å². The molecule has 2 N–H and O–H groups in total. The molecular weight excluding hydrogens is 618 g/mol. The van der Waals surface area contributed by atoms with Gasteiger partial charge >= 0.3 is 5.97 Å². The van der Waals surface area contributed by atoms with E-state index in [4.69, 9.17) is 9.47 Å². The number of ether oxygens (including phenoxy) is 2. The molecule has 0 radical (unpaired) electrons. The zero-order chi connectivity index (χ0) is 31.1. The van der Waals surface area contributed by atoms with Gasteiger partial charge in [-0.3, -0.25) is 19.2 Å². The van der Waals surface area contributed by atoms with Crippen LogP contribution < -0.4 is 5.32 Å². The molecule has 7 atom stereocenters. The second-order valence-electron chi connectivity index (χ2n) is 12.3. The number of hydrogen-bond donors (Lipinski definition) is 2. The average molecular weight is 659 g/mol. The largest absolute Gasteiger partial charge is 0.463 e. The zero-order valence-electron chi connectivity index (χ0n) is 24.9. The lowest BCUT2D eigenvalue weighted by Crippen LogP contribution is -2.60. The van der Waals surface area contributed by atoms with Crippen LogP contribution in [-0.2, 0) is 28.7 Å². The molecular formula is C32H40BrN3O7. The predicted molar refractivity (Wildman–Crippen MR) is 161 cm³/mol. The minimum absolute atomic E-state index is 0.0778. The fraction of sp³-hybridized carbons (Fsp3) is 0.562. The predicted octanol–water partition coefficient (Wildman–Crippen LogP) is 2.86. The Balaban J connectivity index is 1.63. The van der Waals surface area contributed by atoms with Crippen molar-refractivity contribution < 1.29 is 33.8 Å². The molecule has 0 aromatic heterocycles. The molecule has 1 aromatic carbocycles. The first kappa shape index (κ1) is 31.4. The van der Waals surface area contributed by atoms with Gasteiger partial charge in [0.15, 0.2) is 0 Å². The van der Waals surface area contributed by atoms with E-state index in [1.165, 1.54) is 4.90 Å². The number of likely N-dealkylation sites (tertiary alicyclic amines) is 1. The normalized spacial score (nSPS) is 33.0. The maximum atomic E-state index is 14.6. The van der Waals surface area contributed by atoms with Gasteiger partial charge in [-0.25, -0.2) is 0 Å². The van der Waals surface area contributed by atoms with Gasteiger partial charge in [-0.15, -0.1) is 0 Å². The lowest BCUT2D eigenvalue weighted by molar-refractivity contribution is -0.152. The van der Waals surface area contributed by atoms with Crippen molar-refractivity contribution in [2.24, 2.45) is 17.8 Å². The fourth-order valence-corrected chi connectivity index (χ4v) is 7.59. The summed E-state index contributed by atoms with van der Waals surface area (Å²) in [4.78, 5) is 58.9. The van der Waals surface area contributed by atoms with Crippen LogP contribution in [0.4, 0.5) is 0 Å². The summed E-state index contributed by atoms with van der Waals surface area (Å²) in [6.07, 6.45) is 5.25. The molecule has 10 nitrogen and oxygen atoms in total. The van der Waals surface area contributed by atoms with Crippen molar-refractivity contribution in [3.8, 4) is 0 Å². The van der Waals surface area contributed by atoms with Gasteiger partial charge in [0.2, 0.25) is 17.7 Å². The first-order valence-corrected chi connectivity index (χ1v) is 15.8. The van der Waals surface area contributed by atoms with Gasteiger partial charge in [0.05, 0.1) is 30.5 Å². The summed E-state index contributed by atoms with van der Waals surface area (Å²) in [5, 5.41) is 13.5. The molecule has 3 amide bonds. The number of amides is 3. The van der Waals surface area contributed by atoms with E-state index < -0.39 is 59.5 Å². The second-order valence-corrected chi connectivity index (χ2v) is 13.2. The smallest absolute Gasteiger partial charge is 0.306 e. The third-order valence-electron chi connectivity index (χ3n) is 9.03. The summed E-state index contributed by atoms with van der Waals surface area (Å²) in [6.45, 7) is 7.41. The number of nitrogens with zero attached hydrogens (tertiary/aromatic N) is 2. The van der Waals surface area contributed by atoms with Crippen LogP contribution in [0.1, 0.15) is 52.1 Å². The van der Waals surface area contributed by atoms with Crippen molar-refractivity contribution in [2.75, 3.05) is 19.8 Å². The molecule has 1 spiro atoms. The molecule has 1 aromatic rings. The summed E-state index contributed by atoms with van der Waals surface area (Å²) >= 11 is 3.58. The lowest BCUT2D eigenvalue weighted by atomic mass is 9.74. The number of aliphatic hydroxyl groups is 1. The Morgan fingerprint density at radius 3 is 2.44 bits per heavy atom. The number of benzene rings is 1. The molecule has 5 bridgehead atoms. The summed E-state index contributed by atoms with van der Waals surface area (Å²) in [7, 11) is 0. The van der Waals surface area contributed by atoms with Crippen LogP contribution in [-0.4, -0.2) is 88.2 Å². The van der Waals surface area contributed by atoms with E-state index in [-0.39, 0.29) is 44.0 Å². The standard InChI is InChI=1S/C32H40BrN3O7/c1-18(2)23(16-37)36-28-31(41)35(19(3)4)14-10-6-9-13-24(38)42-17-22(20-11-7-5-8-12-20)34-29(39)25-26(30(36)40)32(28)15-21(33)27(25)43-32/h5-8,10-12,15,18-19,22-23,25-28,37H,9,13-14,16-17H2,1-4H3,(H,34,39)/b10-6-/t22-,23+,25-,26+,27-,28-,32+/m1/s1. The highest BCUT2D eigenvalue weighted by Crippen LogP contribution is 2.59. The van der Waals surface area contributed by atoms with Gasteiger partial charge in [0.25, 0.3) is 0 Å². The zero-order valence-corrected chi connectivity index (χ0v) is 26.5. The topological polar surface area (TPSA) is 125 Å². The van der Waals surface area contributed by atoms with Crippen molar-refractivity contribution in [1.29, 1.82) is 0 Å². The Morgan fingerprint density at radius 1 is 1.07 bits per heavy atom. The fourth-order valence-electron chi connectivity index (χ4n) is 6.85. The maximum Gasteiger partial charge on any atom is 0.306 e.